The molecule has 3 saturated carbocycles. The SMILES string of the molecule is COc1c2c(cc3c1[C@@H](CC(=O)[C@H]1CC[C@H]4[C@@H]5CC=C6C[C@H](OC(C)=O)CC[C@]6(C)[C@H]5CC[C@]14C)N(C)CC3)OCO2. The fraction of sp³-hybridized carbons (Fsp3) is 0.714. The zero-order valence-corrected chi connectivity index (χ0v) is 26.0. The highest BCUT2D eigenvalue weighted by atomic mass is 16.7. The molecule has 7 heteroatoms. The van der Waals surface area contributed by atoms with E-state index in [9.17, 15) is 9.59 Å². The van der Waals surface area contributed by atoms with E-state index in [1.54, 1.807) is 7.11 Å². The molecule has 0 bridgehead atoms. The van der Waals surface area contributed by atoms with Gasteiger partial charge in [0.15, 0.2) is 11.5 Å². The summed E-state index contributed by atoms with van der Waals surface area (Å²) in [5, 5.41) is 0. The zero-order chi connectivity index (χ0) is 29.4. The molecule has 0 amide bonds. The largest absolute Gasteiger partial charge is 0.492 e. The van der Waals surface area contributed by atoms with Gasteiger partial charge in [0.2, 0.25) is 12.5 Å². The fourth-order valence-electron chi connectivity index (χ4n) is 10.6. The molecule has 4 aliphatic carbocycles. The maximum atomic E-state index is 14.4. The van der Waals surface area contributed by atoms with Gasteiger partial charge in [0.25, 0.3) is 0 Å². The summed E-state index contributed by atoms with van der Waals surface area (Å²) in [6.45, 7) is 7.57. The summed E-state index contributed by atoms with van der Waals surface area (Å²) in [6, 6.07) is 2.08. The Morgan fingerprint density at radius 3 is 2.71 bits per heavy atom. The lowest BCUT2D eigenvalue weighted by Crippen LogP contribution is -2.51. The number of hydrogen-bond acceptors (Lipinski definition) is 7. The number of benzene rings is 1. The molecule has 42 heavy (non-hydrogen) atoms. The van der Waals surface area contributed by atoms with E-state index in [0.717, 1.165) is 75.0 Å². The van der Waals surface area contributed by atoms with E-state index >= 15 is 0 Å². The van der Waals surface area contributed by atoms with Crippen LogP contribution in [0.25, 0.3) is 0 Å². The van der Waals surface area contributed by atoms with Crippen LogP contribution in [0, 0.1) is 34.5 Å². The molecule has 0 radical (unpaired) electrons. The van der Waals surface area contributed by atoms with Crippen LogP contribution in [0.4, 0.5) is 0 Å². The predicted molar refractivity (Wildman–Crippen MR) is 159 cm³/mol. The Hall–Kier alpha value is -2.54. The quantitative estimate of drug-likeness (QED) is 0.295. The molecular formula is C35H47NO6. The van der Waals surface area contributed by atoms with Crippen molar-refractivity contribution in [2.45, 2.75) is 97.1 Å². The van der Waals surface area contributed by atoms with Crippen molar-refractivity contribution in [2.75, 3.05) is 27.5 Å². The predicted octanol–water partition coefficient (Wildman–Crippen LogP) is 6.42. The van der Waals surface area contributed by atoms with E-state index < -0.39 is 0 Å². The van der Waals surface area contributed by atoms with Crippen LogP contribution >= 0.6 is 0 Å². The van der Waals surface area contributed by atoms with Gasteiger partial charge in [-0.1, -0.05) is 25.5 Å². The third kappa shape index (κ3) is 4.23. The number of esters is 1. The minimum atomic E-state index is -0.166. The second-order valence-electron chi connectivity index (χ2n) is 14.5. The van der Waals surface area contributed by atoms with Crippen LogP contribution in [0.3, 0.4) is 0 Å². The standard InChI is InChI=1S/C35H47NO6/c1-20(37)42-23-10-13-34(2)22(17-23)6-7-24-25-8-9-27(35(25,3)14-11-26(24)34)29(38)18-28-31-21(12-15-36(28)4)16-30-32(33(31)39-5)41-19-40-30/h6,16,23-28H,7-15,17-19H2,1-5H3/t23-,24+,25+,26+,27-,28-,34+,35+/m1/s1. The van der Waals surface area contributed by atoms with Crippen molar-refractivity contribution in [1.82, 2.24) is 4.90 Å². The third-order valence-electron chi connectivity index (χ3n) is 12.7. The molecule has 2 heterocycles. The first-order valence-electron chi connectivity index (χ1n) is 16.2. The topological polar surface area (TPSA) is 74.3 Å². The highest BCUT2D eigenvalue weighted by molar-refractivity contribution is 5.83. The zero-order valence-electron chi connectivity index (χ0n) is 26.0. The Labute approximate surface area is 250 Å². The normalized spacial score (nSPS) is 38.5. The molecule has 0 aromatic heterocycles. The second kappa shape index (κ2) is 10.3. The molecular weight excluding hydrogens is 530 g/mol. The van der Waals surface area contributed by atoms with Gasteiger partial charge < -0.3 is 18.9 Å². The van der Waals surface area contributed by atoms with Crippen LogP contribution in [0.2, 0.25) is 0 Å². The lowest BCUT2D eigenvalue weighted by molar-refractivity contribution is -0.149. The number of nitrogens with zero attached hydrogens (tertiary/aromatic N) is 1. The van der Waals surface area contributed by atoms with Crippen molar-refractivity contribution in [2.24, 2.45) is 34.5 Å². The Morgan fingerprint density at radius 1 is 1.10 bits per heavy atom. The summed E-state index contributed by atoms with van der Waals surface area (Å²) in [4.78, 5) is 28.3. The van der Waals surface area contributed by atoms with Gasteiger partial charge in [-0.15, -0.1) is 0 Å². The summed E-state index contributed by atoms with van der Waals surface area (Å²) in [6.07, 6.45) is 12.5. The van der Waals surface area contributed by atoms with E-state index in [-0.39, 0.29) is 41.7 Å². The smallest absolute Gasteiger partial charge is 0.302 e. The summed E-state index contributed by atoms with van der Waals surface area (Å²) in [5.41, 5.74) is 4.09. The van der Waals surface area contributed by atoms with Gasteiger partial charge >= 0.3 is 5.97 Å². The highest BCUT2D eigenvalue weighted by Crippen LogP contribution is 2.66. The van der Waals surface area contributed by atoms with Crippen molar-refractivity contribution in [3.63, 3.8) is 0 Å². The lowest BCUT2D eigenvalue weighted by atomic mass is 9.47. The average Bonchev–Trinajstić information content (AvgIpc) is 3.57. The third-order valence-corrected chi connectivity index (χ3v) is 12.7. The number of hydrogen-bond donors (Lipinski definition) is 0. The highest BCUT2D eigenvalue weighted by Gasteiger charge is 2.60. The molecule has 0 spiro atoms. The summed E-state index contributed by atoms with van der Waals surface area (Å²) in [7, 11) is 3.83. The van der Waals surface area contributed by atoms with E-state index in [1.165, 1.54) is 24.5 Å². The summed E-state index contributed by atoms with van der Waals surface area (Å²) in [5.74, 6) is 4.42. The Kier molecular flexibility index (Phi) is 6.91. The Balaban J connectivity index is 1.11. The Morgan fingerprint density at radius 2 is 1.93 bits per heavy atom. The van der Waals surface area contributed by atoms with Gasteiger partial charge in [-0.05, 0) is 98.6 Å². The number of rotatable bonds is 5. The second-order valence-corrected chi connectivity index (χ2v) is 14.5. The summed E-state index contributed by atoms with van der Waals surface area (Å²) >= 11 is 0. The van der Waals surface area contributed by atoms with Crippen LogP contribution in [-0.4, -0.2) is 50.3 Å². The fourth-order valence-corrected chi connectivity index (χ4v) is 10.6. The molecule has 0 unspecified atom stereocenters. The van der Waals surface area contributed by atoms with Crippen LogP contribution in [-0.2, 0) is 20.7 Å². The van der Waals surface area contributed by atoms with Gasteiger partial charge in [-0.3, -0.25) is 14.5 Å². The molecule has 7 rings (SSSR count). The molecule has 7 nitrogen and oxygen atoms in total. The first kappa shape index (κ1) is 28.2. The van der Waals surface area contributed by atoms with Gasteiger partial charge in [0.05, 0.1) is 7.11 Å². The molecule has 1 aromatic rings. The van der Waals surface area contributed by atoms with Crippen molar-refractivity contribution < 1.29 is 28.5 Å². The molecule has 2 aliphatic heterocycles. The first-order valence-corrected chi connectivity index (χ1v) is 16.2. The van der Waals surface area contributed by atoms with Crippen LogP contribution < -0.4 is 14.2 Å². The lowest BCUT2D eigenvalue weighted by Gasteiger charge is -2.58. The molecule has 3 fully saturated rings. The number of allylic oxidation sites excluding steroid dienone is 1. The van der Waals surface area contributed by atoms with Crippen LogP contribution in [0.1, 0.15) is 95.7 Å². The molecule has 0 N–H and O–H groups in total. The van der Waals surface area contributed by atoms with Crippen molar-refractivity contribution in [3.8, 4) is 17.2 Å². The first-order chi connectivity index (χ1) is 20.1. The number of ether oxygens (including phenoxy) is 4. The Bertz CT molecular complexity index is 1320. The monoisotopic (exact) mass is 577 g/mol. The van der Waals surface area contributed by atoms with E-state index in [4.69, 9.17) is 18.9 Å². The minimum absolute atomic E-state index is 0.0174. The average molecular weight is 578 g/mol. The summed E-state index contributed by atoms with van der Waals surface area (Å²) < 4.78 is 23.0. The maximum Gasteiger partial charge on any atom is 0.302 e. The van der Waals surface area contributed by atoms with E-state index in [0.29, 0.717) is 35.7 Å². The number of carbonyl (C=O) groups is 2. The van der Waals surface area contributed by atoms with Gasteiger partial charge in [0.1, 0.15) is 11.9 Å². The van der Waals surface area contributed by atoms with Crippen molar-refractivity contribution in [1.29, 1.82) is 0 Å². The minimum Gasteiger partial charge on any atom is -0.492 e. The van der Waals surface area contributed by atoms with E-state index in [1.807, 2.05) is 0 Å². The number of fused-ring (bicyclic) bond motifs is 7. The number of methoxy groups -OCH3 is 1. The number of carbonyl (C=O) groups excluding carboxylic acids is 2. The molecule has 1 aromatic carbocycles. The number of Topliss-reactive ketones (excluding diaryl/α,β-unsaturated/α-hetero) is 1. The van der Waals surface area contributed by atoms with Gasteiger partial charge in [0, 0.05) is 43.8 Å². The van der Waals surface area contributed by atoms with Gasteiger partial charge in [-0.2, -0.15) is 0 Å². The van der Waals surface area contributed by atoms with E-state index in [2.05, 4.69) is 37.9 Å². The number of ketones is 1. The van der Waals surface area contributed by atoms with Crippen LogP contribution in [0.5, 0.6) is 17.2 Å². The van der Waals surface area contributed by atoms with Crippen molar-refractivity contribution >= 4 is 11.8 Å². The van der Waals surface area contributed by atoms with Gasteiger partial charge in [-0.25, -0.2) is 0 Å². The molecule has 0 saturated heterocycles. The van der Waals surface area contributed by atoms with Crippen LogP contribution in [0.15, 0.2) is 17.7 Å². The molecule has 228 valence electrons. The molecule has 8 atom stereocenters. The number of likely N-dealkylation sites (N-methyl/N-ethyl adjacent to an activating group) is 1. The maximum absolute atomic E-state index is 14.4. The molecule has 6 aliphatic rings. The van der Waals surface area contributed by atoms with Crippen molar-refractivity contribution in [3.05, 3.63) is 28.8 Å².